The Bertz CT molecular complexity index is 1010. The molecule has 0 spiro atoms. The first-order valence-electron chi connectivity index (χ1n) is 7.16. The Morgan fingerprint density at radius 1 is 1.00 bits per heavy atom. The maximum atomic E-state index is 12.3. The van der Waals surface area contributed by atoms with Crippen LogP contribution in [0.2, 0.25) is 0 Å². The topological polar surface area (TPSA) is 76.0 Å². The van der Waals surface area contributed by atoms with Gasteiger partial charge in [-0.3, -0.25) is 0 Å². The second-order valence-electron chi connectivity index (χ2n) is 5.10. The Balaban J connectivity index is 2.02. The summed E-state index contributed by atoms with van der Waals surface area (Å²) in [5.74, 6) is 0.534. The normalized spacial score (nSPS) is 11.9. The first-order valence-corrected chi connectivity index (χ1v) is 8.60. The lowest BCUT2D eigenvalue weighted by Crippen LogP contribution is -1.98. The van der Waals surface area contributed by atoms with Gasteiger partial charge < -0.3 is 9.84 Å². The van der Waals surface area contributed by atoms with Crippen LogP contribution in [-0.2, 0) is 10.0 Å². The van der Waals surface area contributed by atoms with E-state index in [1.165, 1.54) is 31.5 Å². The van der Waals surface area contributed by atoms with E-state index < -0.39 is 10.0 Å². The van der Waals surface area contributed by atoms with Crippen molar-refractivity contribution in [3.8, 4) is 11.5 Å². The number of methoxy groups -OCH3 is 1. The summed E-state index contributed by atoms with van der Waals surface area (Å²) in [5, 5.41) is 11.7. The van der Waals surface area contributed by atoms with E-state index in [4.69, 9.17) is 4.74 Å². The minimum Gasteiger partial charge on any atom is -0.507 e. The lowest BCUT2D eigenvalue weighted by molar-refractivity contribution is 0.414. The number of sulfonamides is 1. The van der Waals surface area contributed by atoms with Gasteiger partial charge in [-0.05, 0) is 41.1 Å². The Labute approximate surface area is 139 Å². The van der Waals surface area contributed by atoms with Crippen LogP contribution in [0, 0.1) is 0 Å². The molecule has 3 aromatic carbocycles. The standard InChI is InChI=1S/C18H15NO4S/c1-23-14-7-9-15(10-8-14)24(21,22)19-12-17-16-5-3-2-4-13(16)6-11-18(17)20/h2-12,20H,1H3. The highest BCUT2D eigenvalue weighted by Crippen LogP contribution is 2.26. The van der Waals surface area contributed by atoms with Crippen molar-refractivity contribution >= 4 is 27.0 Å². The molecular formula is C18H15NO4S. The van der Waals surface area contributed by atoms with Crippen molar-refractivity contribution in [1.82, 2.24) is 0 Å². The smallest absolute Gasteiger partial charge is 0.282 e. The van der Waals surface area contributed by atoms with E-state index in [1.54, 1.807) is 24.3 Å². The van der Waals surface area contributed by atoms with Crippen LogP contribution in [-0.4, -0.2) is 26.8 Å². The number of benzene rings is 3. The molecule has 24 heavy (non-hydrogen) atoms. The third-order valence-electron chi connectivity index (χ3n) is 3.63. The third kappa shape index (κ3) is 3.09. The van der Waals surface area contributed by atoms with Gasteiger partial charge in [-0.15, -0.1) is 0 Å². The molecule has 0 unspecified atom stereocenters. The highest BCUT2D eigenvalue weighted by atomic mass is 32.2. The molecule has 0 saturated carbocycles. The average molecular weight is 341 g/mol. The zero-order valence-electron chi connectivity index (χ0n) is 12.9. The van der Waals surface area contributed by atoms with Crippen LogP contribution in [0.3, 0.4) is 0 Å². The fourth-order valence-electron chi connectivity index (χ4n) is 2.35. The zero-order valence-corrected chi connectivity index (χ0v) is 13.7. The fraction of sp³-hybridized carbons (Fsp3) is 0.0556. The van der Waals surface area contributed by atoms with Gasteiger partial charge in [0.25, 0.3) is 10.0 Å². The monoisotopic (exact) mass is 341 g/mol. The lowest BCUT2D eigenvalue weighted by atomic mass is 10.0. The van der Waals surface area contributed by atoms with E-state index >= 15 is 0 Å². The molecule has 122 valence electrons. The second kappa shape index (κ2) is 6.33. The van der Waals surface area contributed by atoms with Crippen LogP contribution in [0.1, 0.15) is 5.56 Å². The molecule has 0 radical (unpaired) electrons. The van der Waals surface area contributed by atoms with Crippen LogP contribution in [0.25, 0.3) is 10.8 Å². The molecule has 0 bridgehead atoms. The molecule has 0 aliphatic rings. The largest absolute Gasteiger partial charge is 0.507 e. The minimum absolute atomic E-state index is 0.0256. The van der Waals surface area contributed by atoms with Crippen molar-refractivity contribution < 1.29 is 18.3 Å². The molecule has 0 amide bonds. The molecule has 0 aliphatic heterocycles. The predicted octanol–water partition coefficient (Wildman–Crippen LogP) is 3.36. The van der Waals surface area contributed by atoms with Crippen molar-refractivity contribution in [1.29, 1.82) is 0 Å². The SMILES string of the molecule is COc1ccc(S(=O)(=O)N=Cc2c(O)ccc3ccccc23)cc1. The number of fused-ring (bicyclic) bond motifs is 1. The molecule has 0 saturated heterocycles. The maximum Gasteiger partial charge on any atom is 0.282 e. The highest BCUT2D eigenvalue weighted by Gasteiger charge is 2.13. The Morgan fingerprint density at radius 3 is 2.42 bits per heavy atom. The minimum atomic E-state index is -3.87. The number of aromatic hydroxyl groups is 1. The van der Waals surface area contributed by atoms with E-state index in [1.807, 2.05) is 18.2 Å². The van der Waals surface area contributed by atoms with Crippen molar-refractivity contribution in [2.24, 2.45) is 4.40 Å². The molecule has 0 fully saturated rings. The summed E-state index contributed by atoms with van der Waals surface area (Å²) in [7, 11) is -2.36. The summed E-state index contributed by atoms with van der Waals surface area (Å²) in [6.45, 7) is 0. The zero-order chi connectivity index (χ0) is 17.2. The predicted molar refractivity (Wildman–Crippen MR) is 93.4 cm³/mol. The molecule has 0 aliphatic carbocycles. The molecule has 0 aromatic heterocycles. The fourth-order valence-corrected chi connectivity index (χ4v) is 3.20. The van der Waals surface area contributed by atoms with E-state index in [2.05, 4.69) is 4.40 Å². The third-order valence-corrected chi connectivity index (χ3v) is 4.88. The molecule has 1 N–H and O–H groups in total. The number of phenolic OH excluding ortho intramolecular Hbond substituents is 1. The quantitative estimate of drug-likeness (QED) is 0.738. The Kier molecular flexibility index (Phi) is 4.22. The molecule has 3 rings (SSSR count). The first kappa shape index (κ1) is 16.0. The number of phenols is 1. The Morgan fingerprint density at radius 2 is 1.71 bits per heavy atom. The summed E-state index contributed by atoms with van der Waals surface area (Å²) in [6, 6.07) is 16.6. The van der Waals surface area contributed by atoms with Crippen molar-refractivity contribution in [3.63, 3.8) is 0 Å². The van der Waals surface area contributed by atoms with E-state index in [-0.39, 0.29) is 10.6 Å². The number of hydrogen-bond acceptors (Lipinski definition) is 4. The first-order chi connectivity index (χ1) is 11.5. The molecular weight excluding hydrogens is 326 g/mol. The van der Waals surface area contributed by atoms with Crippen molar-refractivity contribution in [3.05, 3.63) is 66.2 Å². The molecule has 3 aromatic rings. The number of rotatable bonds is 4. The summed E-state index contributed by atoms with van der Waals surface area (Å²) in [4.78, 5) is 0.0549. The van der Waals surface area contributed by atoms with E-state index in [0.717, 1.165) is 10.8 Å². The van der Waals surface area contributed by atoms with Gasteiger partial charge in [-0.2, -0.15) is 12.8 Å². The summed E-state index contributed by atoms with van der Waals surface area (Å²) in [6.07, 6.45) is 1.18. The van der Waals surface area contributed by atoms with Crippen LogP contribution < -0.4 is 4.74 Å². The highest BCUT2D eigenvalue weighted by molar-refractivity contribution is 7.90. The van der Waals surface area contributed by atoms with Gasteiger partial charge in [0.2, 0.25) is 0 Å². The van der Waals surface area contributed by atoms with Crippen LogP contribution >= 0.6 is 0 Å². The maximum absolute atomic E-state index is 12.3. The number of ether oxygens (including phenoxy) is 1. The van der Waals surface area contributed by atoms with Gasteiger partial charge in [0.05, 0.1) is 18.2 Å². The number of hydrogen-bond donors (Lipinski definition) is 1. The van der Waals surface area contributed by atoms with E-state index in [0.29, 0.717) is 11.3 Å². The van der Waals surface area contributed by atoms with Crippen molar-refractivity contribution in [2.75, 3.05) is 7.11 Å². The summed E-state index contributed by atoms with van der Waals surface area (Å²) >= 11 is 0. The van der Waals surface area contributed by atoms with Gasteiger partial charge in [0, 0.05) is 5.56 Å². The van der Waals surface area contributed by atoms with Gasteiger partial charge in [0.15, 0.2) is 0 Å². The Hall–Kier alpha value is -2.86. The van der Waals surface area contributed by atoms with Crippen LogP contribution in [0.15, 0.2) is 70.0 Å². The second-order valence-corrected chi connectivity index (χ2v) is 6.74. The summed E-state index contributed by atoms with van der Waals surface area (Å²) < 4.78 is 33.4. The lowest BCUT2D eigenvalue weighted by Gasteiger charge is -2.05. The van der Waals surface area contributed by atoms with Crippen molar-refractivity contribution in [2.45, 2.75) is 4.90 Å². The average Bonchev–Trinajstić information content (AvgIpc) is 2.61. The molecule has 5 nitrogen and oxygen atoms in total. The van der Waals surface area contributed by atoms with Gasteiger partial charge >= 0.3 is 0 Å². The molecule has 0 heterocycles. The molecule has 0 atom stereocenters. The van der Waals surface area contributed by atoms with Gasteiger partial charge in [-0.1, -0.05) is 30.3 Å². The van der Waals surface area contributed by atoms with Crippen LogP contribution in [0.4, 0.5) is 0 Å². The summed E-state index contributed by atoms with van der Waals surface area (Å²) in [5.41, 5.74) is 0.366. The van der Waals surface area contributed by atoms with Gasteiger partial charge in [-0.25, -0.2) is 0 Å². The van der Waals surface area contributed by atoms with Gasteiger partial charge in [0.1, 0.15) is 11.5 Å². The van der Waals surface area contributed by atoms with Crippen LogP contribution in [0.5, 0.6) is 11.5 Å². The van der Waals surface area contributed by atoms with E-state index in [9.17, 15) is 13.5 Å². The molecule has 6 heteroatoms. The number of nitrogens with zero attached hydrogens (tertiary/aromatic N) is 1.